The number of aliphatic hydroxyl groups is 3. The number of carbonyl (C=O) groups is 1. The maximum Gasteiger partial charge on any atom is 0.222 e. The highest BCUT2D eigenvalue weighted by molar-refractivity contribution is 5.76. The highest BCUT2D eigenvalue weighted by Gasteiger charge is 2.21. The highest BCUT2D eigenvalue weighted by atomic mass is 16.3. The molecule has 0 aromatic heterocycles. The number of amides is 1. The molecule has 69 heavy (non-hydrogen) atoms. The molecule has 0 spiro atoms. The molecule has 0 heterocycles. The van der Waals surface area contributed by atoms with Crippen molar-refractivity contribution in [2.24, 2.45) is 0 Å². The van der Waals surface area contributed by atoms with Gasteiger partial charge < -0.3 is 20.6 Å². The average Bonchev–Trinajstić information content (AvgIpc) is 3.35. The lowest BCUT2D eigenvalue weighted by Gasteiger charge is -2.23. The molecule has 0 fully saturated rings. The van der Waals surface area contributed by atoms with E-state index in [1.54, 1.807) is 0 Å². The van der Waals surface area contributed by atoms with Crippen molar-refractivity contribution in [2.45, 2.75) is 398 Å². The van der Waals surface area contributed by atoms with Gasteiger partial charge in [-0.1, -0.05) is 361 Å². The van der Waals surface area contributed by atoms with E-state index in [1.807, 2.05) is 0 Å². The molecule has 0 rings (SSSR count). The first-order chi connectivity index (χ1) is 34.0. The third-order valence-corrected chi connectivity index (χ3v) is 15.7. The molecule has 0 bridgehead atoms. The Morgan fingerprint density at radius 1 is 0.304 bits per heavy atom. The summed E-state index contributed by atoms with van der Waals surface area (Å²) >= 11 is 0. The molecular formula is C64H129NO4. The first kappa shape index (κ1) is 68.4. The van der Waals surface area contributed by atoms with Crippen LogP contribution in [0.3, 0.4) is 0 Å². The number of unbranched alkanes of at least 4 members (excludes halogenated alkanes) is 52. The zero-order valence-electron chi connectivity index (χ0n) is 47.5. The van der Waals surface area contributed by atoms with E-state index >= 15 is 0 Å². The lowest BCUT2D eigenvalue weighted by atomic mass is 10.0. The Balaban J connectivity index is 3.45. The fraction of sp³-hybridized carbons (Fsp3) is 0.984. The van der Waals surface area contributed by atoms with Crippen LogP contribution in [-0.2, 0) is 4.79 Å². The molecule has 0 aromatic rings. The summed E-state index contributed by atoms with van der Waals surface area (Å²) < 4.78 is 0. The second kappa shape index (κ2) is 59.9. The zero-order chi connectivity index (χ0) is 50.0. The second-order valence-electron chi connectivity index (χ2n) is 22.7. The molecule has 3 atom stereocenters. The van der Waals surface area contributed by atoms with Gasteiger partial charge in [0.05, 0.1) is 31.3 Å². The van der Waals surface area contributed by atoms with Crippen LogP contribution < -0.4 is 5.32 Å². The van der Waals surface area contributed by atoms with Gasteiger partial charge in [0.15, 0.2) is 0 Å². The van der Waals surface area contributed by atoms with E-state index in [0.29, 0.717) is 12.8 Å². The molecule has 5 nitrogen and oxygen atoms in total. The molecule has 0 aliphatic carbocycles. The number of nitrogens with one attached hydrogen (secondary N) is 1. The Bertz CT molecular complexity index is 944. The van der Waals surface area contributed by atoms with Crippen molar-refractivity contribution in [2.75, 3.05) is 6.61 Å². The minimum atomic E-state index is -0.746. The van der Waals surface area contributed by atoms with E-state index in [1.165, 1.54) is 321 Å². The first-order valence-electron chi connectivity index (χ1n) is 32.3. The second-order valence-corrected chi connectivity index (χ2v) is 22.7. The van der Waals surface area contributed by atoms with Crippen molar-refractivity contribution in [3.63, 3.8) is 0 Å². The predicted molar refractivity (Wildman–Crippen MR) is 306 cm³/mol. The van der Waals surface area contributed by atoms with Crippen LogP contribution in [0.5, 0.6) is 0 Å². The van der Waals surface area contributed by atoms with Crippen molar-refractivity contribution in [1.29, 1.82) is 0 Å². The van der Waals surface area contributed by atoms with Crippen molar-refractivity contribution in [1.82, 2.24) is 5.32 Å². The lowest BCUT2D eigenvalue weighted by Crippen LogP contribution is -2.46. The number of hydrogen-bond donors (Lipinski definition) is 4. The van der Waals surface area contributed by atoms with Crippen LogP contribution in [0.1, 0.15) is 380 Å². The highest BCUT2D eigenvalue weighted by Crippen LogP contribution is 2.20. The van der Waals surface area contributed by atoms with Gasteiger partial charge in [-0.2, -0.15) is 0 Å². The molecular weight excluding hydrogens is 847 g/mol. The summed E-state index contributed by atoms with van der Waals surface area (Å²) in [6.45, 7) is 4.32. The van der Waals surface area contributed by atoms with E-state index in [2.05, 4.69) is 19.2 Å². The Morgan fingerprint density at radius 3 is 0.696 bits per heavy atom. The topological polar surface area (TPSA) is 89.8 Å². The lowest BCUT2D eigenvalue weighted by molar-refractivity contribution is -0.125. The maximum absolute atomic E-state index is 12.6. The van der Waals surface area contributed by atoms with Crippen molar-refractivity contribution in [3.05, 3.63) is 0 Å². The Labute approximate surface area is 434 Å². The third kappa shape index (κ3) is 56.5. The van der Waals surface area contributed by atoms with Crippen LogP contribution in [0.25, 0.3) is 0 Å². The number of hydrogen-bond acceptors (Lipinski definition) is 4. The summed E-state index contributed by atoms with van der Waals surface area (Å²) in [4.78, 5) is 12.6. The average molecular weight is 977 g/mol. The molecule has 4 N–H and O–H groups in total. The molecule has 0 aliphatic rings. The predicted octanol–water partition coefficient (Wildman–Crippen LogP) is 20.5. The van der Waals surface area contributed by atoms with Gasteiger partial charge >= 0.3 is 0 Å². The summed E-state index contributed by atoms with van der Waals surface area (Å²) in [5.74, 6) is -0.272. The van der Waals surface area contributed by atoms with Crippen molar-refractivity contribution in [3.8, 4) is 0 Å². The van der Waals surface area contributed by atoms with Crippen molar-refractivity contribution < 1.29 is 20.1 Å². The maximum atomic E-state index is 12.6. The summed E-state index contributed by atoms with van der Waals surface area (Å²) in [5.41, 5.74) is 0. The Hall–Kier alpha value is -0.650. The Morgan fingerprint density at radius 2 is 0.493 bits per heavy atom. The first-order valence-corrected chi connectivity index (χ1v) is 32.3. The monoisotopic (exact) mass is 976 g/mol. The van der Waals surface area contributed by atoms with Gasteiger partial charge in [0.2, 0.25) is 5.91 Å². The van der Waals surface area contributed by atoms with Crippen molar-refractivity contribution >= 4 is 5.91 Å². The fourth-order valence-corrected chi connectivity index (χ4v) is 10.8. The standard InChI is InChI=1S/C64H129NO4/c1-3-5-7-9-11-13-15-17-19-21-23-25-27-29-30-31-32-34-35-37-39-41-43-45-47-49-51-53-55-57-61(67)59-64(69)65-62(60-66)63(68)58-56-54-52-50-48-46-44-42-40-38-36-33-28-26-24-22-20-18-16-14-12-10-8-6-4-2/h61-63,66-68H,3-60H2,1-2H3,(H,65,69). The third-order valence-electron chi connectivity index (χ3n) is 15.7. The van der Waals surface area contributed by atoms with Gasteiger partial charge in [-0.05, 0) is 12.8 Å². The van der Waals surface area contributed by atoms with Crippen LogP contribution in [0.15, 0.2) is 0 Å². The minimum absolute atomic E-state index is 0.0439. The largest absolute Gasteiger partial charge is 0.394 e. The van der Waals surface area contributed by atoms with Gasteiger partial charge in [-0.3, -0.25) is 4.79 Å². The van der Waals surface area contributed by atoms with Crippen LogP contribution in [0.4, 0.5) is 0 Å². The van der Waals surface area contributed by atoms with Crippen LogP contribution in [0, 0.1) is 0 Å². The normalized spacial score (nSPS) is 13.1. The molecule has 0 radical (unpaired) electrons. The Kier molecular flexibility index (Phi) is 59.3. The summed E-state index contributed by atoms with van der Waals surface area (Å²) in [5, 5.41) is 33.8. The van der Waals surface area contributed by atoms with E-state index < -0.39 is 18.2 Å². The zero-order valence-corrected chi connectivity index (χ0v) is 47.5. The van der Waals surface area contributed by atoms with Crippen LogP contribution in [0.2, 0.25) is 0 Å². The molecule has 5 heteroatoms. The number of rotatable bonds is 61. The molecule has 0 saturated heterocycles. The summed E-state index contributed by atoms with van der Waals surface area (Å²) in [6, 6.07) is -0.655. The molecule has 3 unspecified atom stereocenters. The molecule has 0 aromatic carbocycles. The van der Waals surface area contributed by atoms with E-state index in [4.69, 9.17) is 0 Å². The van der Waals surface area contributed by atoms with E-state index in [0.717, 1.165) is 25.7 Å². The number of aliphatic hydroxyl groups excluding tert-OH is 3. The van der Waals surface area contributed by atoms with Gasteiger partial charge in [0.25, 0.3) is 0 Å². The molecule has 0 saturated carbocycles. The minimum Gasteiger partial charge on any atom is -0.394 e. The summed E-state index contributed by atoms with van der Waals surface area (Å²) in [6.07, 6.45) is 74.4. The fourth-order valence-electron chi connectivity index (χ4n) is 10.8. The van der Waals surface area contributed by atoms with Gasteiger partial charge in [-0.15, -0.1) is 0 Å². The van der Waals surface area contributed by atoms with E-state index in [9.17, 15) is 20.1 Å². The van der Waals surface area contributed by atoms with E-state index in [-0.39, 0.29) is 18.9 Å². The van der Waals surface area contributed by atoms with Gasteiger partial charge in [0.1, 0.15) is 0 Å². The number of carbonyl (C=O) groups excluding carboxylic acids is 1. The SMILES string of the molecule is CCCCCCCCCCCCCCCCCCCCCCCCCCCCCCCC(O)CC(=O)NC(CO)C(O)CCCCCCCCCCCCCCCCCCCCCCCCCCC. The van der Waals surface area contributed by atoms with Gasteiger partial charge in [0, 0.05) is 0 Å². The quantitative estimate of drug-likeness (QED) is 0.0457. The molecule has 1 amide bonds. The van der Waals surface area contributed by atoms with Crippen LogP contribution >= 0.6 is 0 Å². The summed E-state index contributed by atoms with van der Waals surface area (Å²) in [7, 11) is 0. The van der Waals surface area contributed by atoms with Gasteiger partial charge in [-0.25, -0.2) is 0 Å². The molecule has 0 aliphatic heterocycles. The molecule has 414 valence electrons. The smallest absolute Gasteiger partial charge is 0.222 e. The van der Waals surface area contributed by atoms with Crippen LogP contribution in [-0.4, -0.2) is 46.1 Å².